The van der Waals surface area contributed by atoms with Crippen LogP contribution in [0, 0.1) is 17.2 Å². The van der Waals surface area contributed by atoms with E-state index in [0.29, 0.717) is 0 Å². The molecule has 0 spiro atoms. The van der Waals surface area contributed by atoms with E-state index in [9.17, 15) is 0 Å². The molecule has 60 valence electrons. The molecule has 0 aliphatic heterocycles. The van der Waals surface area contributed by atoms with Crippen LogP contribution in [-0.4, -0.2) is 12.4 Å². The minimum absolute atomic E-state index is 0. The first-order valence-corrected chi connectivity index (χ1v) is 3.34. The molecule has 0 aliphatic rings. The number of hydrogen-bond donors (Lipinski definition) is 2. The van der Waals surface area contributed by atoms with Gasteiger partial charge in [-0.15, -0.1) is 6.42 Å². The zero-order valence-corrected chi connectivity index (χ0v) is 7.70. The number of rotatable bonds is 4. The molecule has 0 saturated carbocycles. The molecule has 11 heavy (non-hydrogen) atoms. The second kappa shape index (κ2) is 22.5. The van der Waals surface area contributed by atoms with Crippen molar-refractivity contribution in [3.8, 4) is 0 Å². The Morgan fingerprint density at radius 3 is 2.09 bits per heavy atom. The maximum absolute atomic E-state index is 6.52. The van der Waals surface area contributed by atoms with Crippen molar-refractivity contribution in [2.24, 2.45) is 0 Å². The van der Waals surface area contributed by atoms with Crippen LogP contribution in [-0.2, 0) is 0 Å². The largest absolute Gasteiger partial charge is 1.00 e. The van der Waals surface area contributed by atoms with Gasteiger partial charge in [0, 0.05) is 0 Å². The molecule has 0 aromatic carbocycles. The predicted octanol–water partition coefficient (Wildman–Crippen LogP) is -0.556. The predicted molar refractivity (Wildman–Crippen MR) is 45.0 cm³/mol. The molecule has 0 bridgehead atoms. The summed E-state index contributed by atoms with van der Waals surface area (Å²) in [7, 11) is 0. The third kappa shape index (κ3) is 40.4. The average Bonchev–Trinajstić information content (AvgIpc) is 1.91. The van der Waals surface area contributed by atoms with Crippen molar-refractivity contribution >= 4 is 12.4 Å². The van der Waals surface area contributed by atoms with E-state index in [1.165, 1.54) is 0 Å². The maximum Gasteiger partial charge on any atom is 1.00 e. The van der Waals surface area contributed by atoms with Crippen molar-refractivity contribution in [3.63, 3.8) is 0 Å². The quantitative estimate of drug-likeness (QED) is 0.231. The van der Waals surface area contributed by atoms with Gasteiger partial charge in [0.05, 0.1) is 0 Å². The third-order valence-electron chi connectivity index (χ3n) is 0.795. The van der Waals surface area contributed by atoms with Gasteiger partial charge in [-0.25, -0.2) is 0 Å². The minimum atomic E-state index is 0. The number of nitrogens with one attached hydrogen (secondary N) is 2. The van der Waals surface area contributed by atoms with Gasteiger partial charge in [0.25, 0.3) is 0 Å². The smallest absolute Gasteiger partial charge is 0.519 e. The van der Waals surface area contributed by atoms with Crippen LogP contribution in [0.25, 0.3) is 0 Å². The second-order valence-corrected chi connectivity index (χ2v) is 1.73. The van der Waals surface area contributed by atoms with Crippen LogP contribution >= 0.6 is 0 Å². The van der Waals surface area contributed by atoms with Crippen molar-refractivity contribution in [3.05, 3.63) is 6.42 Å². The summed E-state index contributed by atoms with van der Waals surface area (Å²) in [4.78, 5) is 0. The van der Waals surface area contributed by atoms with Gasteiger partial charge in [0.2, 0.25) is 0 Å². The molecular weight excluding hydrogens is 131 g/mol. The summed E-state index contributed by atoms with van der Waals surface area (Å²) in [6.45, 7) is 3.57. The molecule has 0 aromatic heterocycles. The molecule has 0 saturated heterocycles. The molecule has 0 aromatic rings. The summed E-state index contributed by atoms with van der Waals surface area (Å²) in [5.74, 6) is 0. The fraction of sp³-hybridized carbons (Fsp3) is 0.625. The van der Waals surface area contributed by atoms with E-state index in [1.54, 1.807) is 6.92 Å². The van der Waals surface area contributed by atoms with Gasteiger partial charge in [-0.3, -0.25) is 0 Å². The van der Waals surface area contributed by atoms with Crippen molar-refractivity contribution in [2.75, 3.05) is 0 Å². The molecule has 2 nitrogen and oxygen atoms in total. The van der Waals surface area contributed by atoms with Crippen molar-refractivity contribution < 1.29 is 18.9 Å². The molecule has 0 amide bonds. The van der Waals surface area contributed by atoms with Gasteiger partial charge < -0.3 is 29.7 Å². The first kappa shape index (κ1) is 17.1. The Bertz CT molecular complexity index is 74.5. The van der Waals surface area contributed by atoms with E-state index >= 15 is 0 Å². The summed E-state index contributed by atoms with van der Waals surface area (Å²) in [5.41, 5.74) is 0. The summed E-state index contributed by atoms with van der Waals surface area (Å²) < 4.78 is 0. The van der Waals surface area contributed by atoms with E-state index in [2.05, 4.69) is 12.6 Å². The zero-order chi connectivity index (χ0) is 8.24. The van der Waals surface area contributed by atoms with Crippen LogP contribution in [0.5, 0.6) is 0 Å². The fourth-order valence-corrected chi connectivity index (χ4v) is 0.395. The first-order valence-electron chi connectivity index (χ1n) is 3.34. The topological polar surface area (TPSA) is 47.7 Å². The Labute approximate surface area is 82.0 Å². The third-order valence-corrected chi connectivity index (χ3v) is 0.795. The summed E-state index contributed by atoms with van der Waals surface area (Å²) in [5, 5.41) is 12.5. The van der Waals surface area contributed by atoms with Gasteiger partial charge in [0.1, 0.15) is 0 Å². The minimum Gasteiger partial charge on any atom is -0.519 e. The Balaban J connectivity index is -0.000000140. The van der Waals surface area contributed by atoms with Gasteiger partial charge >= 0.3 is 18.9 Å². The first-order chi connectivity index (χ1) is 4.83. The maximum atomic E-state index is 6.52. The van der Waals surface area contributed by atoms with Crippen LogP contribution < -0.4 is 18.9 Å². The Morgan fingerprint density at radius 2 is 1.82 bits per heavy atom. The molecule has 2 N–H and O–H groups in total. The Hall–Kier alpha value is -0.0626. The molecule has 0 aliphatic carbocycles. The number of hydrogen-bond acceptors (Lipinski definition) is 2. The molecule has 0 unspecified atom stereocenters. The summed E-state index contributed by atoms with van der Waals surface area (Å²) >= 11 is 0. The van der Waals surface area contributed by atoms with Crippen molar-refractivity contribution in [1.82, 2.24) is 0 Å². The SMILES string of the molecule is C[C-]=N.C[CH-]CCC[C-]=N.[Li+]. The average molecular weight is 146 g/mol. The number of unbranched alkanes of at least 4 members (excludes halogenated alkanes) is 3. The van der Waals surface area contributed by atoms with E-state index in [1.807, 2.05) is 13.1 Å². The zero-order valence-electron chi connectivity index (χ0n) is 7.70. The second-order valence-electron chi connectivity index (χ2n) is 1.73. The molecule has 0 rings (SSSR count). The molecule has 0 atom stereocenters. The summed E-state index contributed by atoms with van der Waals surface area (Å²) in [6.07, 6.45) is 9.45. The molecular formula is C8H15LiN2-2. The van der Waals surface area contributed by atoms with Crippen molar-refractivity contribution in [1.29, 1.82) is 10.8 Å². The van der Waals surface area contributed by atoms with Gasteiger partial charge in [-0.1, -0.05) is 0 Å². The molecule has 3 heteroatoms. The Kier molecular flexibility index (Phi) is 35.1. The van der Waals surface area contributed by atoms with Crippen molar-refractivity contribution in [2.45, 2.75) is 33.1 Å². The van der Waals surface area contributed by atoms with E-state index in [0.717, 1.165) is 19.3 Å². The fourth-order valence-electron chi connectivity index (χ4n) is 0.395. The van der Waals surface area contributed by atoms with E-state index < -0.39 is 0 Å². The van der Waals surface area contributed by atoms with Crippen LogP contribution in [0.2, 0.25) is 0 Å². The van der Waals surface area contributed by atoms with Gasteiger partial charge in [-0.2, -0.15) is 26.7 Å². The van der Waals surface area contributed by atoms with E-state index in [4.69, 9.17) is 10.8 Å². The normalized spacial score (nSPS) is 6.73. The van der Waals surface area contributed by atoms with Gasteiger partial charge in [0.15, 0.2) is 0 Å². The Morgan fingerprint density at radius 1 is 1.36 bits per heavy atom. The standard InChI is InChI=1S/C6H11N.C2H4N.Li/c1-2-3-4-5-6-7;1-2-3;/h2,7H,3-5H2,1H3;3H,1H3;/q-2;-1;+1. The molecule has 0 fully saturated rings. The van der Waals surface area contributed by atoms with Crippen LogP contribution in [0.15, 0.2) is 0 Å². The van der Waals surface area contributed by atoms with E-state index in [-0.39, 0.29) is 18.9 Å². The van der Waals surface area contributed by atoms with Crippen LogP contribution in [0.4, 0.5) is 0 Å². The molecule has 0 radical (unpaired) electrons. The monoisotopic (exact) mass is 146 g/mol. The molecule has 0 heterocycles. The summed E-state index contributed by atoms with van der Waals surface area (Å²) in [6, 6.07) is 0. The van der Waals surface area contributed by atoms with Crippen LogP contribution in [0.3, 0.4) is 0 Å². The van der Waals surface area contributed by atoms with Crippen LogP contribution in [0.1, 0.15) is 33.1 Å². The van der Waals surface area contributed by atoms with Gasteiger partial charge in [-0.05, 0) is 0 Å².